The molecular weight excluding hydrogens is 306 g/mol. The monoisotopic (exact) mass is 321 g/mol. The molecular formula is C14H16BrN3O. The van der Waals surface area contributed by atoms with Crippen LogP contribution in [0.3, 0.4) is 0 Å². The van der Waals surface area contributed by atoms with Gasteiger partial charge in [0.15, 0.2) is 5.78 Å². The summed E-state index contributed by atoms with van der Waals surface area (Å²) in [4.78, 5) is 18.3. The predicted octanol–water partition coefficient (Wildman–Crippen LogP) is 2.50. The Morgan fingerprint density at radius 3 is 2.63 bits per heavy atom. The quantitative estimate of drug-likeness (QED) is 0.794. The summed E-state index contributed by atoms with van der Waals surface area (Å²) < 4.78 is 2.94. The van der Waals surface area contributed by atoms with E-state index >= 15 is 0 Å². The van der Waals surface area contributed by atoms with Gasteiger partial charge in [0.25, 0.3) is 0 Å². The molecule has 1 aromatic heterocycles. The molecule has 0 bridgehead atoms. The first-order valence-corrected chi connectivity index (χ1v) is 6.79. The van der Waals surface area contributed by atoms with Crippen molar-refractivity contribution in [3.8, 4) is 0 Å². The number of likely N-dealkylation sites (N-methyl/N-ethyl adjacent to an activating group) is 1. The highest BCUT2D eigenvalue weighted by Gasteiger charge is 2.11. The van der Waals surface area contributed by atoms with E-state index in [-0.39, 0.29) is 5.78 Å². The number of nitrogens with zero attached hydrogens (tertiary/aromatic N) is 3. The van der Waals surface area contributed by atoms with Gasteiger partial charge in [-0.25, -0.2) is 4.98 Å². The van der Waals surface area contributed by atoms with Crippen LogP contribution in [0.4, 0.5) is 0 Å². The fraction of sp³-hybridized carbons (Fsp3) is 0.286. The number of carbonyl (C=O) groups is 1. The average Bonchev–Trinajstić information content (AvgIpc) is 2.75. The molecule has 0 radical (unpaired) electrons. The highest BCUT2D eigenvalue weighted by molar-refractivity contribution is 9.10. The summed E-state index contributed by atoms with van der Waals surface area (Å²) in [5, 5.41) is 0. The third-order valence-corrected chi connectivity index (χ3v) is 3.44. The van der Waals surface area contributed by atoms with Crippen molar-refractivity contribution in [3.63, 3.8) is 0 Å². The lowest BCUT2D eigenvalue weighted by atomic mass is 10.1. The second-order valence-electron chi connectivity index (χ2n) is 4.56. The van der Waals surface area contributed by atoms with E-state index in [0.717, 1.165) is 15.9 Å². The van der Waals surface area contributed by atoms with Gasteiger partial charge < -0.3 is 4.57 Å². The van der Waals surface area contributed by atoms with Gasteiger partial charge >= 0.3 is 0 Å². The number of rotatable bonds is 5. The zero-order chi connectivity index (χ0) is 13.8. The fourth-order valence-electron chi connectivity index (χ4n) is 1.82. The molecule has 0 aliphatic rings. The standard InChI is InChI=1S/C14H16BrN3O/c1-17(10-14-16-7-8-18(14)2)9-13(19)11-3-5-12(15)6-4-11/h3-8H,9-10H2,1-2H3. The molecule has 0 fully saturated rings. The smallest absolute Gasteiger partial charge is 0.176 e. The molecule has 0 unspecified atom stereocenters. The number of imidazole rings is 1. The molecule has 1 aromatic carbocycles. The Hall–Kier alpha value is -1.46. The number of hydrogen-bond donors (Lipinski definition) is 0. The van der Waals surface area contributed by atoms with Crippen LogP contribution < -0.4 is 0 Å². The molecule has 19 heavy (non-hydrogen) atoms. The van der Waals surface area contributed by atoms with E-state index in [1.807, 2.05) is 54.0 Å². The molecule has 4 nitrogen and oxygen atoms in total. The zero-order valence-electron chi connectivity index (χ0n) is 11.0. The molecule has 0 N–H and O–H groups in total. The van der Waals surface area contributed by atoms with Crippen molar-refractivity contribution in [2.45, 2.75) is 6.54 Å². The van der Waals surface area contributed by atoms with Gasteiger partial charge in [0, 0.05) is 29.5 Å². The van der Waals surface area contributed by atoms with E-state index in [0.29, 0.717) is 13.1 Å². The van der Waals surface area contributed by atoms with Crippen LogP contribution in [0.15, 0.2) is 41.1 Å². The molecule has 0 amide bonds. The topological polar surface area (TPSA) is 38.1 Å². The predicted molar refractivity (Wildman–Crippen MR) is 78.0 cm³/mol. The van der Waals surface area contributed by atoms with Crippen LogP contribution in [0.2, 0.25) is 0 Å². The van der Waals surface area contributed by atoms with Crippen molar-refractivity contribution in [2.75, 3.05) is 13.6 Å². The minimum atomic E-state index is 0.115. The van der Waals surface area contributed by atoms with Crippen LogP contribution in [0.1, 0.15) is 16.2 Å². The number of halogens is 1. The van der Waals surface area contributed by atoms with Gasteiger partial charge in [-0.15, -0.1) is 0 Å². The average molecular weight is 322 g/mol. The summed E-state index contributed by atoms with van der Waals surface area (Å²) in [6.45, 7) is 1.04. The molecule has 100 valence electrons. The summed E-state index contributed by atoms with van der Waals surface area (Å²) in [5.41, 5.74) is 0.731. The Balaban J connectivity index is 1.95. The minimum absolute atomic E-state index is 0.115. The highest BCUT2D eigenvalue weighted by atomic mass is 79.9. The number of aromatic nitrogens is 2. The first-order valence-electron chi connectivity index (χ1n) is 6.00. The van der Waals surface area contributed by atoms with E-state index < -0.39 is 0 Å². The van der Waals surface area contributed by atoms with Crippen LogP contribution in [0, 0.1) is 0 Å². The van der Waals surface area contributed by atoms with Crippen LogP contribution in [-0.2, 0) is 13.6 Å². The number of ketones is 1. The molecule has 0 saturated carbocycles. The SMILES string of the molecule is CN(CC(=O)c1ccc(Br)cc1)Cc1nccn1C. The van der Waals surface area contributed by atoms with E-state index in [9.17, 15) is 4.79 Å². The van der Waals surface area contributed by atoms with Crippen molar-refractivity contribution in [2.24, 2.45) is 7.05 Å². The van der Waals surface area contributed by atoms with Crippen LogP contribution >= 0.6 is 15.9 Å². The molecule has 0 saturated heterocycles. The normalized spacial score (nSPS) is 10.9. The van der Waals surface area contributed by atoms with Crippen LogP contribution in [-0.4, -0.2) is 33.8 Å². The number of hydrogen-bond acceptors (Lipinski definition) is 3. The van der Waals surface area contributed by atoms with Gasteiger partial charge in [-0.05, 0) is 19.2 Å². The molecule has 0 spiro atoms. The van der Waals surface area contributed by atoms with Crippen molar-refractivity contribution >= 4 is 21.7 Å². The lowest BCUT2D eigenvalue weighted by Crippen LogP contribution is -2.26. The maximum Gasteiger partial charge on any atom is 0.176 e. The Kier molecular flexibility index (Phi) is 4.50. The van der Waals surface area contributed by atoms with Crippen molar-refractivity contribution in [3.05, 3.63) is 52.5 Å². The molecule has 0 atom stereocenters. The van der Waals surface area contributed by atoms with Crippen molar-refractivity contribution in [1.82, 2.24) is 14.5 Å². The fourth-order valence-corrected chi connectivity index (χ4v) is 2.08. The summed E-state index contributed by atoms with van der Waals surface area (Å²) >= 11 is 3.36. The molecule has 2 rings (SSSR count). The molecule has 0 aliphatic carbocycles. The van der Waals surface area contributed by atoms with Gasteiger partial charge in [-0.3, -0.25) is 9.69 Å². The first kappa shape index (κ1) is 14.0. The third-order valence-electron chi connectivity index (χ3n) is 2.91. The van der Waals surface area contributed by atoms with Gasteiger partial charge in [0.2, 0.25) is 0 Å². The second kappa shape index (κ2) is 6.12. The Bertz CT molecular complexity index is 562. The summed E-state index contributed by atoms with van der Waals surface area (Å²) in [5.74, 6) is 1.07. The molecule has 1 heterocycles. The molecule has 5 heteroatoms. The van der Waals surface area contributed by atoms with E-state index in [1.54, 1.807) is 6.20 Å². The number of aryl methyl sites for hydroxylation is 1. The molecule has 0 aliphatic heterocycles. The van der Waals surface area contributed by atoms with Crippen molar-refractivity contribution < 1.29 is 4.79 Å². The second-order valence-corrected chi connectivity index (χ2v) is 5.47. The van der Waals surface area contributed by atoms with Gasteiger partial charge in [0.05, 0.1) is 13.1 Å². The van der Waals surface area contributed by atoms with E-state index in [2.05, 4.69) is 20.9 Å². The van der Waals surface area contributed by atoms with Crippen molar-refractivity contribution in [1.29, 1.82) is 0 Å². The van der Waals surface area contributed by atoms with Crippen LogP contribution in [0.25, 0.3) is 0 Å². The van der Waals surface area contributed by atoms with Gasteiger partial charge in [0.1, 0.15) is 5.82 Å². The van der Waals surface area contributed by atoms with Gasteiger partial charge in [-0.1, -0.05) is 28.1 Å². The first-order chi connectivity index (χ1) is 9.06. The minimum Gasteiger partial charge on any atom is -0.337 e. The van der Waals surface area contributed by atoms with Gasteiger partial charge in [-0.2, -0.15) is 0 Å². The largest absolute Gasteiger partial charge is 0.337 e. The molecule has 2 aromatic rings. The number of benzene rings is 1. The Morgan fingerprint density at radius 1 is 1.37 bits per heavy atom. The summed E-state index contributed by atoms with van der Waals surface area (Å²) in [6, 6.07) is 7.43. The lowest BCUT2D eigenvalue weighted by Gasteiger charge is -2.15. The van der Waals surface area contributed by atoms with E-state index in [4.69, 9.17) is 0 Å². The Morgan fingerprint density at radius 2 is 2.05 bits per heavy atom. The number of carbonyl (C=O) groups excluding carboxylic acids is 1. The highest BCUT2D eigenvalue weighted by Crippen LogP contribution is 2.11. The Labute approximate surface area is 121 Å². The number of Topliss-reactive ketones (excluding diaryl/α,β-unsaturated/α-hetero) is 1. The maximum atomic E-state index is 12.1. The summed E-state index contributed by atoms with van der Waals surface area (Å²) in [6.07, 6.45) is 3.67. The maximum absolute atomic E-state index is 12.1. The lowest BCUT2D eigenvalue weighted by molar-refractivity contribution is 0.0941. The summed E-state index contributed by atoms with van der Waals surface area (Å²) in [7, 11) is 3.87. The van der Waals surface area contributed by atoms with E-state index in [1.165, 1.54) is 0 Å². The zero-order valence-corrected chi connectivity index (χ0v) is 12.6. The van der Waals surface area contributed by atoms with Crippen LogP contribution in [0.5, 0.6) is 0 Å². The third kappa shape index (κ3) is 3.75.